The molecule has 306 valence electrons. The number of hydrogen-bond donors (Lipinski definition) is 0. The second-order valence-electron chi connectivity index (χ2n) is 17.5. The van der Waals surface area contributed by atoms with Gasteiger partial charge < -0.3 is 9.32 Å². The van der Waals surface area contributed by atoms with Crippen LogP contribution in [0.25, 0.3) is 76.9 Å². The molecule has 0 saturated carbocycles. The van der Waals surface area contributed by atoms with E-state index in [1.165, 1.54) is 66.1 Å². The van der Waals surface area contributed by atoms with Gasteiger partial charge in [0.1, 0.15) is 11.2 Å². The quantitative estimate of drug-likeness (QED) is 0.149. The fourth-order valence-electron chi connectivity index (χ4n) is 11.0. The highest BCUT2D eigenvalue weighted by atomic mass is 16.3. The molecule has 1 aromatic heterocycles. The van der Waals surface area contributed by atoms with Gasteiger partial charge in [0.2, 0.25) is 0 Å². The standard InChI is InChI=1S/C63H43NO/c1-3-16-47(17-4-1)63(48-18-5-2-6-19-48)58-24-11-9-21-54(58)55-38-37-51(41-59(55)63)64(49-33-28-42(29-34-49)46-32-39-61-57(40-46)56-22-10-12-25-60(56)65-61)50-35-30-44(31-36-50)53-23-13-15-45-27-26-43-14-7-8-20-52(43)62(45)53/h1,3-5,7-41H,2,6H2. The van der Waals surface area contributed by atoms with Crippen molar-refractivity contribution >= 4 is 60.5 Å². The molecule has 11 aromatic rings. The van der Waals surface area contributed by atoms with Crippen LogP contribution in [0, 0.1) is 0 Å². The molecular formula is C63H43NO. The molecule has 2 aliphatic rings. The molecule has 13 rings (SSSR count). The Morgan fingerprint density at radius 2 is 1.05 bits per heavy atom. The molecule has 0 fully saturated rings. The molecule has 0 radical (unpaired) electrons. The summed E-state index contributed by atoms with van der Waals surface area (Å²) in [6.45, 7) is 0. The highest BCUT2D eigenvalue weighted by molar-refractivity contribution is 6.14. The normalized spacial score (nSPS) is 15.4. The minimum absolute atomic E-state index is 0.466. The number of hydrogen-bond acceptors (Lipinski definition) is 2. The number of nitrogens with zero attached hydrogens (tertiary/aromatic N) is 1. The summed E-state index contributed by atoms with van der Waals surface area (Å²) < 4.78 is 6.19. The van der Waals surface area contributed by atoms with Crippen molar-refractivity contribution in [2.45, 2.75) is 18.3 Å². The van der Waals surface area contributed by atoms with Crippen LogP contribution in [0.1, 0.15) is 29.5 Å². The van der Waals surface area contributed by atoms with Crippen molar-refractivity contribution in [1.82, 2.24) is 0 Å². The zero-order chi connectivity index (χ0) is 42.9. The van der Waals surface area contributed by atoms with Crippen LogP contribution in [0.2, 0.25) is 0 Å². The van der Waals surface area contributed by atoms with Gasteiger partial charge in [-0.05, 0) is 145 Å². The van der Waals surface area contributed by atoms with Crippen LogP contribution in [0.15, 0.2) is 247 Å². The Balaban J connectivity index is 0.986. The van der Waals surface area contributed by atoms with E-state index in [1.807, 2.05) is 12.1 Å². The van der Waals surface area contributed by atoms with E-state index >= 15 is 0 Å². The number of rotatable bonds is 7. The lowest BCUT2D eigenvalue weighted by molar-refractivity contribution is 0.669. The molecule has 10 aromatic carbocycles. The summed E-state index contributed by atoms with van der Waals surface area (Å²) in [6.07, 6.45) is 9.29. The van der Waals surface area contributed by atoms with E-state index in [-0.39, 0.29) is 0 Å². The summed E-state index contributed by atoms with van der Waals surface area (Å²) >= 11 is 0. The van der Waals surface area contributed by atoms with Gasteiger partial charge in [0.15, 0.2) is 0 Å². The molecule has 0 aliphatic heterocycles. The number of furan rings is 1. The Morgan fingerprint density at radius 1 is 0.400 bits per heavy atom. The number of benzene rings is 10. The Labute approximate surface area is 378 Å². The van der Waals surface area contributed by atoms with Crippen molar-refractivity contribution in [3.8, 4) is 33.4 Å². The number of fused-ring (bicyclic) bond motifs is 9. The third-order valence-corrected chi connectivity index (χ3v) is 14.0. The summed E-state index contributed by atoms with van der Waals surface area (Å²) in [5.41, 5.74) is 17.2. The molecule has 65 heavy (non-hydrogen) atoms. The van der Waals surface area contributed by atoms with E-state index < -0.39 is 5.41 Å². The van der Waals surface area contributed by atoms with Gasteiger partial charge >= 0.3 is 0 Å². The van der Waals surface area contributed by atoms with Gasteiger partial charge in [-0.25, -0.2) is 0 Å². The molecule has 0 amide bonds. The number of para-hydroxylation sites is 1. The van der Waals surface area contributed by atoms with E-state index in [9.17, 15) is 0 Å². The molecule has 0 spiro atoms. The van der Waals surface area contributed by atoms with Crippen LogP contribution in [-0.4, -0.2) is 0 Å². The van der Waals surface area contributed by atoms with Gasteiger partial charge in [-0.2, -0.15) is 0 Å². The molecule has 0 saturated heterocycles. The number of allylic oxidation sites excluding steroid dienone is 4. The van der Waals surface area contributed by atoms with Crippen molar-refractivity contribution in [2.75, 3.05) is 4.90 Å². The molecule has 0 bridgehead atoms. The van der Waals surface area contributed by atoms with Crippen LogP contribution >= 0.6 is 0 Å². The third kappa shape index (κ3) is 5.88. The molecule has 1 atom stereocenters. The van der Waals surface area contributed by atoms with E-state index in [1.54, 1.807) is 0 Å². The van der Waals surface area contributed by atoms with Crippen molar-refractivity contribution in [3.63, 3.8) is 0 Å². The lowest BCUT2D eigenvalue weighted by Gasteiger charge is -2.36. The van der Waals surface area contributed by atoms with Crippen LogP contribution in [-0.2, 0) is 5.41 Å². The molecule has 1 unspecified atom stereocenters. The predicted octanol–water partition coefficient (Wildman–Crippen LogP) is 17.3. The van der Waals surface area contributed by atoms with Crippen LogP contribution in [0.3, 0.4) is 0 Å². The van der Waals surface area contributed by atoms with Crippen molar-refractivity contribution < 1.29 is 4.42 Å². The second kappa shape index (κ2) is 15.0. The molecule has 2 aliphatic carbocycles. The van der Waals surface area contributed by atoms with E-state index in [0.29, 0.717) is 0 Å². The van der Waals surface area contributed by atoms with Gasteiger partial charge in [-0.1, -0.05) is 182 Å². The molecule has 1 heterocycles. The topological polar surface area (TPSA) is 16.4 Å². The maximum atomic E-state index is 6.19. The summed E-state index contributed by atoms with van der Waals surface area (Å²) in [4.78, 5) is 2.43. The lowest BCUT2D eigenvalue weighted by atomic mass is 9.66. The molecule has 0 N–H and O–H groups in total. The largest absolute Gasteiger partial charge is 0.456 e. The molecule has 2 heteroatoms. The fraction of sp³-hybridized carbons (Fsp3) is 0.0476. The first kappa shape index (κ1) is 37.4. The second-order valence-corrected chi connectivity index (χ2v) is 17.5. The van der Waals surface area contributed by atoms with Crippen LogP contribution < -0.4 is 4.90 Å². The van der Waals surface area contributed by atoms with E-state index in [2.05, 4.69) is 229 Å². The van der Waals surface area contributed by atoms with Gasteiger partial charge in [0.25, 0.3) is 0 Å². The van der Waals surface area contributed by atoms with Gasteiger partial charge in [0.05, 0.1) is 5.41 Å². The minimum atomic E-state index is -0.466. The zero-order valence-corrected chi connectivity index (χ0v) is 35.8. The monoisotopic (exact) mass is 829 g/mol. The average molecular weight is 830 g/mol. The zero-order valence-electron chi connectivity index (χ0n) is 35.8. The van der Waals surface area contributed by atoms with E-state index in [4.69, 9.17) is 4.42 Å². The first-order valence-corrected chi connectivity index (χ1v) is 22.7. The van der Waals surface area contributed by atoms with Crippen molar-refractivity contribution in [3.05, 3.63) is 259 Å². The van der Waals surface area contributed by atoms with Gasteiger partial charge in [-0.15, -0.1) is 0 Å². The fourth-order valence-corrected chi connectivity index (χ4v) is 11.0. The summed E-state index contributed by atoms with van der Waals surface area (Å²) in [6, 6.07) is 80.3. The summed E-state index contributed by atoms with van der Waals surface area (Å²) in [5, 5.41) is 7.33. The molecular weight excluding hydrogens is 787 g/mol. The first-order chi connectivity index (χ1) is 32.2. The number of anilines is 3. The molecule has 2 nitrogen and oxygen atoms in total. The smallest absolute Gasteiger partial charge is 0.135 e. The van der Waals surface area contributed by atoms with E-state index in [0.717, 1.165) is 63.0 Å². The predicted molar refractivity (Wildman–Crippen MR) is 273 cm³/mol. The van der Waals surface area contributed by atoms with Crippen molar-refractivity contribution in [1.29, 1.82) is 0 Å². The minimum Gasteiger partial charge on any atom is -0.456 e. The highest BCUT2D eigenvalue weighted by Crippen LogP contribution is 2.58. The van der Waals surface area contributed by atoms with Gasteiger partial charge in [0, 0.05) is 27.8 Å². The first-order valence-electron chi connectivity index (χ1n) is 22.7. The summed E-state index contributed by atoms with van der Waals surface area (Å²) in [7, 11) is 0. The maximum absolute atomic E-state index is 6.19. The Bertz CT molecular complexity index is 3700. The third-order valence-electron chi connectivity index (χ3n) is 14.0. The SMILES string of the molecule is C1=CC(C2(c3ccccc3)c3ccccc3-c3ccc(N(c4ccc(-c5ccc6oc7ccccc7c6c5)cc4)c4ccc(-c5cccc6ccc7ccccc7c56)cc4)cc32)=CCC1. The average Bonchev–Trinajstić information content (AvgIpc) is 3.90. The highest BCUT2D eigenvalue weighted by Gasteiger charge is 2.47. The lowest BCUT2D eigenvalue weighted by Crippen LogP contribution is -2.29. The maximum Gasteiger partial charge on any atom is 0.135 e. The Kier molecular flexibility index (Phi) is 8.60. The Morgan fingerprint density at radius 3 is 1.88 bits per heavy atom. The van der Waals surface area contributed by atoms with Crippen molar-refractivity contribution in [2.24, 2.45) is 0 Å². The Hall–Kier alpha value is -8.20. The summed E-state index contributed by atoms with van der Waals surface area (Å²) in [5.74, 6) is 0. The van der Waals surface area contributed by atoms with Crippen LogP contribution in [0.4, 0.5) is 17.1 Å². The van der Waals surface area contributed by atoms with Gasteiger partial charge in [-0.3, -0.25) is 0 Å². The van der Waals surface area contributed by atoms with Crippen LogP contribution in [0.5, 0.6) is 0 Å².